The molecule has 0 spiro atoms. The Morgan fingerprint density at radius 3 is 1.30 bits per heavy atom. The number of nitrogens with zero attached hydrogens (tertiary/aromatic N) is 1. The first-order valence-electron chi connectivity index (χ1n) is 18.3. The molecule has 7 heteroatoms. The van der Waals surface area contributed by atoms with Gasteiger partial charge < -0.3 is 24.7 Å². The number of nitrogens with one attached hydrogen (secondary N) is 4. The maximum absolute atomic E-state index is 12.9. The number of rotatable bonds is 6. The third-order valence-electron chi connectivity index (χ3n) is 10.1. The van der Waals surface area contributed by atoms with E-state index in [1.54, 1.807) is 6.08 Å². The molecule has 9 rings (SSSR count). The number of nitriles is 1. The number of carbonyl (C=O) groups is 1. The number of carbonyl (C=O) groups excluding carboxylic acids is 1. The van der Waals surface area contributed by atoms with E-state index in [2.05, 4.69) is 123 Å². The van der Waals surface area contributed by atoms with Crippen molar-refractivity contribution in [2.45, 2.75) is 0 Å². The Labute approximate surface area is 322 Å². The number of H-pyrrole nitrogens is 4. The zero-order valence-electron chi connectivity index (χ0n) is 30.4. The number of methoxy groups -OCH3 is 1. The Morgan fingerprint density at radius 1 is 0.500 bits per heavy atom. The van der Waals surface area contributed by atoms with Crippen LogP contribution in [0.5, 0.6) is 0 Å². The van der Waals surface area contributed by atoms with Gasteiger partial charge in [-0.2, -0.15) is 5.26 Å². The minimum atomic E-state index is -0.708. The van der Waals surface area contributed by atoms with Gasteiger partial charge in [-0.05, 0) is 70.8 Å². The summed E-state index contributed by atoms with van der Waals surface area (Å²) in [5.74, 6) is -0.708. The van der Waals surface area contributed by atoms with Crippen molar-refractivity contribution in [1.82, 2.24) is 19.9 Å². The molecule has 0 radical (unpaired) electrons. The van der Waals surface area contributed by atoms with Gasteiger partial charge in [0.05, 0.1) is 12.5 Å². The first kappa shape index (κ1) is 34.0. The summed E-state index contributed by atoms with van der Waals surface area (Å²) in [4.78, 5) is 28.1. The fourth-order valence-electron chi connectivity index (χ4n) is 7.61. The summed E-state index contributed by atoms with van der Waals surface area (Å²) in [6.07, 6.45) is 1.61. The predicted octanol–water partition coefficient (Wildman–Crippen LogP) is 6.38. The molecule has 0 aliphatic carbocycles. The van der Waals surface area contributed by atoms with E-state index < -0.39 is 5.97 Å². The highest BCUT2D eigenvalue weighted by atomic mass is 16.5. The van der Waals surface area contributed by atoms with Gasteiger partial charge in [0.1, 0.15) is 11.6 Å². The van der Waals surface area contributed by atoms with Crippen LogP contribution in [0.2, 0.25) is 0 Å². The Hall–Kier alpha value is -7.82. The lowest BCUT2D eigenvalue weighted by atomic mass is 10.0. The van der Waals surface area contributed by atoms with E-state index in [0.717, 1.165) is 88.7 Å². The summed E-state index contributed by atoms with van der Waals surface area (Å²) in [6.45, 7) is 0. The smallest absolute Gasteiger partial charge is 0.348 e. The van der Waals surface area contributed by atoms with Gasteiger partial charge in [0.25, 0.3) is 0 Å². The molecule has 4 N–H and O–H groups in total. The molecule has 0 fully saturated rings. The SMILES string of the molecule is COC(=O)C(C#N)=Cc1cc2[nH]c1=C(c1ccccc1)c1ccc([nH]1)C(c1ccccc1)=c1ccc([nH]1)=C(c1ccccc1)c1ccc([nH]1)C=2c1ccccc1. The summed E-state index contributed by atoms with van der Waals surface area (Å²) >= 11 is 0. The molecule has 0 amide bonds. The first-order chi connectivity index (χ1) is 27.6. The molecule has 1 aliphatic heterocycles. The zero-order chi connectivity index (χ0) is 38.0. The summed E-state index contributed by atoms with van der Waals surface area (Å²) in [6, 6.07) is 57.8. The van der Waals surface area contributed by atoms with Crippen LogP contribution in [0.3, 0.4) is 0 Å². The summed E-state index contributed by atoms with van der Waals surface area (Å²) in [7, 11) is 1.28. The Balaban J connectivity index is 1.49. The second kappa shape index (κ2) is 14.5. The molecule has 7 nitrogen and oxygen atoms in total. The number of fused-ring (bicyclic) bond motifs is 8. The van der Waals surface area contributed by atoms with Crippen LogP contribution in [0.1, 0.15) is 50.6 Å². The van der Waals surface area contributed by atoms with E-state index in [1.165, 1.54) is 7.11 Å². The molecule has 0 atom stereocenters. The highest BCUT2D eigenvalue weighted by molar-refractivity contribution is 5.98. The number of ether oxygens (including phenoxy) is 1. The van der Waals surface area contributed by atoms with E-state index in [0.29, 0.717) is 5.56 Å². The van der Waals surface area contributed by atoms with E-state index in [4.69, 9.17) is 4.74 Å². The van der Waals surface area contributed by atoms with Gasteiger partial charge in [-0.1, -0.05) is 121 Å². The summed E-state index contributed by atoms with van der Waals surface area (Å²) in [5, 5.41) is 13.6. The number of aromatic nitrogens is 4. The minimum absolute atomic E-state index is 0.114. The van der Waals surface area contributed by atoms with Crippen molar-refractivity contribution in [3.63, 3.8) is 0 Å². The van der Waals surface area contributed by atoms with Gasteiger partial charge in [-0.15, -0.1) is 0 Å². The Kier molecular flexibility index (Phi) is 8.82. The van der Waals surface area contributed by atoms with Crippen LogP contribution < -0.4 is 21.4 Å². The second-order valence-corrected chi connectivity index (χ2v) is 13.5. The van der Waals surface area contributed by atoms with Crippen LogP contribution in [0.25, 0.3) is 28.4 Å². The quantitative estimate of drug-likeness (QED) is 0.0907. The van der Waals surface area contributed by atoms with Gasteiger partial charge in [-0.3, -0.25) is 0 Å². The maximum Gasteiger partial charge on any atom is 0.348 e. The van der Waals surface area contributed by atoms with Gasteiger partial charge >= 0.3 is 5.97 Å². The topological polar surface area (TPSA) is 113 Å². The number of aromatic amines is 4. The molecule has 8 aromatic rings. The lowest BCUT2D eigenvalue weighted by molar-refractivity contribution is -0.135. The molecule has 4 aromatic heterocycles. The normalized spacial score (nSPS) is 12.8. The standard InChI is InChI=1S/C49H35N5O2/c1-56-49(55)36(30-50)28-35-29-43-46(33-18-10-4-11-19-33)41-25-24-39(52-41)44(31-14-6-2-7-15-31)37-22-23-38(51-37)45(32-16-8-3-9-17-32)40-26-27-42(53-40)47(48(35)54-43)34-20-12-5-13-21-34/h2-29,51-54H,1H3. The van der Waals surface area contributed by atoms with Crippen LogP contribution in [-0.2, 0) is 9.53 Å². The van der Waals surface area contributed by atoms with E-state index >= 15 is 0 Å². The Bertz CT molecular complexity index is 3070. The van der Waals surface area contributed by atoms with Gasteiger partial charge in [-0.25, -0.2) is 4.79 Å². The minimum Gasteiger partial charge on any atom is -0.465 e. The maximum atomic E-state index is 12.9. The second-order valence-electron chi connectivity index (χ2n) is 13.5. The zero-order valence-corrected chi connectivity index (χ0v) is 30.4. The number of benzene rings is 4. The van der Waals surface area contributed by atoms with Gasteiger partial charge in [0.15, 0.2) is 0 Å². The molecule has 268 valence electrons. The summed E-state index contributed by atoms with van der Waals surface area (Å²) in [5.41, 5.74) is 11.9. The van der Waals surface area contributed by atoms with Crippen LogP contribution >= 0.6 is 0 Å². The molecule has 8 bridgehead atoms. The van der Waals surface area contributed by atoms with Crippen LogP contribution in [-0.4, -0.2) is 33.0 Å². The lowest BCUT2D eigenvalue weighted by Crippen LogP contribution is -2.19. The van der Waals surface area contributed by atoms with E-state index in [1.807, 2.05) is 66.7 Å². The van der Waals surface area contributed by atoms with Crippen molar-refractivity contribution in [2.24, 2.45) is 0 Å². The van der Waals surface area contributed by atoms with Crippen LogP contribution in [0, 0.1) is 11.3 Å². The lowest BCUT2D eigenvalue weighted by Gasteiger charge is -2.10. The van der Waals surface area contributed by atoms with Crippen molar-refractivity contribution >= 4 is 34.3 Å². The highest BCUT2D eigenvalue weighted by Gasteiger charge is 2.20. The van der Waals surface area contributed by atoms with Crippen molar-refractivity contribution in [3.8, 4) is 6.07 Å². The average Bonchev–Trinajstić information content (AvgIpc) is 4.09. The number of hydrogen-bond acceptors (Lipinski definition) is 3. The Morgan fingerprint density at radius 2 is 0.893 bits per heavy atom. The molecule has 56 heavy (non-hydrogen) atoms. The van der Waals surface area contributed by atoms with E-state index in [9.17, 15) is 10.1 Å². The number of hydrogen-bond donors (Lipinski definition) is 4. The fourth-order valence-corrected chi connectivity index (χ4v) is 7.61. The monoisotopic (exact) mass is 725 g/mol. The van der Waals surface area contributed by atoms with Crippen LogP contribution in [0.15, 0.2) is 169 Å². The average molecular weight is 726 g/mol. The third kappa shape index (κ3) is 6.21. The molecule has 0 saturated carbocycles. The van der Waals surface area contributed by atoms with Crippen molar-refractivity contribution < 1.29 is 9.53 Å². The fraction of sp³-hybridized carbons (Fsp3) is 0.0204. The number of esters is 1. The van der Waals surface area contributed by atoms with Crippen molar-refractivity contribution in [3.05, 3.63) is 241 Å². The molecule has 0 saturated heterocycles. The third-order valence-corrected chi connectivity index (χ3v) is 10.1. The molecule has 1 aliphatic rings. The molecular weight excluding hydrogens is 691 g/mol. The van der Waals surface area contributed by atoms with E-state index in [-0.39, 0.29) is 5.57 Å². The van der Waals surface area contributed by atoms with Crippen molar-refractivity contribution in [1.29, 1.82) is 5.26 Å². The molecule has 5 heterocycles. The van der Waals surface area contributed by atoms with Crippen LogP contribution in [0.4, 0.5) is 0 Å². The molecular formula is C49H35N5O2. The summed E-state index contributed by atoms with van der Waals surface area (Å²) < 4.78 is 5.03. The molecule has 4 aromatic carbocycles. The van der Waals surface area contributed by atoms with Gasteiger partial charge in [0, 0.05) is 66.7 Å². The van der Waals surface area contributed by atoms with Crippen molar-refractivity contribution in [2.75, 3.05) is 7.11 Å². The van der Waals surface area contributed by atoms with Gasteiger partial charge in [0.2, 0.25) is 0 Å². The first-order valence-corrected chi connectivity index (χ1v) is 18.3. The largest absolute Gasteiger partial charge is 0.465 e. The molecule has 0 unspecified atom stereocenters. The highest BCUT2D eigenvalue weighted by Crippen LogP contribution is 2.28. The predicted molar refractivity (Wildman–Crippen MR) is 219 cm³/mol.